The largest absolute Gasteiger partial charge is 1.00 e. The number of aryl methyl sites for hydroxylation is 1. The summed E-state index contributed by atoms with van der Waals surface area (Å²) in [6.07, 6.45) is 14.0. The summed E-state index contributed by atoms with van der Waals surface area (Å²) in [5.41, 5.74) is 0.615. The van der Waals surface area contributed by atoms with E-state index in [-0.39, 0.29) is 80.6 Å². The van der Waals surface area contributed by atoms with E-state index < -0.39 is 11.4 Å². The van der Waals surface area contributed by atoms with Crippen LogP contribution < -0.4 is 33.9 Å². The number of fused-ring (bicyclic) bond motifs is 7. The molecule has 1 heterocycles. The zero-order valence-electron chi connectivity index (χ0n) is 28.1. The second kappa shape index (κ2) is 10.6. The van der Waals surface area contributed by atoms with Gasteiger partial charge in [0.25, 0.3) is 5.91 Å². The van der Waals surface area contributed by atoms with Crippen LogP contribution in [0.25, 0.3) is 0 Å². The Hall–Kier alpha value is -1.77. The van der Waals surface area contributed by atoms with E-state index in [4.69, 9.17) is 0 Å². The number of carbonyl (C=O) groups is 3. The molecule has 0 aromatic carbocycles. The monoisotopic (exact) mass is 716 g/mol. The summed E-state index contributed by atoms with van der Waals surface area (Å²) in [6.45, 7) is 16.1. The predicted molar refractivity (Wildman–Crippen MR) is 166 cm³/mol. The Morgan fingerprint density at radius 2 is 1.64 bits per heavy atom. The maximum Gasteiger partial charge on any atom is 0.309 e. The Kier molecular flexibility index (Phi) is 8.11. The average molecular weight is 717 g/mol. The lowest BCUT2D eigenvalue weighted by Crippen LogP contribution is -3.00. The third kappa shape index (κ3) is 4.58. The molecule has 2 N–H and O–H groups in total. The van der Waals surface area contributed by atoms with Crippen molar-refractivity contribution < 1.29 is 48.0 Å². The molecule has 0 saturated heterocycles. The van der Waals surface area contributed by atoms with Crippen molar-refractivity contribution in [2.24, 2.45) is 57.3 Å². The van der Waals surface area contributed by atoms with E-state index in [1.807, 2.05) is 49.1 Å². The first-order valence-corrected chi connectivity index (χ1v) is 16.7. The highest BCUT2D eigenvalue weighted by atomic mass is 127. The van der Waals surface area contributed by atoms with E-state index in [0.29, 0.717) is 24.3 Å². The van der Waals surface area contributed by atoms with Crippen LogP contribution in [0.15, 0.2) is 36.2 Å². The Morgan fingerprint density at radius 3 is 2.30 bits per heavy atom. The highest BCUT2D eigenvalue weighted by molar-refractivity contribution is 5.96. The molecular formula is C37H53IN2O4. The Balaban J connectivity index is 0.00000384. The molecule has 6 nitrogen and oxygen atoms in total. The molecule has 4 saturated carbocycles. The standard InChI is InChI=1S/C37H52N2O4.HI/c1-32(2)27-11-14-37(7)29(35(27,5)13-12-28(32)38-30(41)23-10-9-19-39(8)22-23)26(40)20-24-25-21-34(4,31(42)43)16-15-33(25,3)17-18-36(24,37)6;/h9-10,19-20,22,25,27-29H,11-18,21H2,1-8H3,(H-,38,41,42,43);1H/t25-,27-,28?,29+,33+,34-,35-,36+,37+;/m0./s1. The van der Waals surface area contributed by atoms with Gasteiger partial charge in [-0.3, -0.25) is 14.4 Å². The zero-order valence-corrected chi connectivity index (χ0v) is 30.2. The lowest BCUT2D eigenvalue weighted by atomic mass is 9.33. The number of hydrogen-bond donors (Lipinski definition) is 2. The van der Waals surface area contributed by atoms with Crippen LogP contribution in [0.2, 0.25) is 0 Å². The molecule has 9 atom stereocenters. The first-order valence-electron chi connectivity index (χ1n) is 16.7. The molecule has 6 rings (SSSR count). The fourth-order valence-corrected chi connectivity index (χ4v) is 11.6. The number of nitrogens with zero attached hydrogens (tertiary/aromatic N) is 1. The number of halogens is 1. The van der Waals surface area contributed by atoms with Crippen LogP contribution in [0.3, 0.4) is 0 Å². The summed E-state index contributed by atoms with van der Waals surface area (Å²) in [5.74, 6) is -0.0901. The SMILES string of the molecule is C[n+]1cccc(C(=O)NC2CC[C@]3(C)[C@H]4C(=O)C=C5[C@@H]6C[C@@](C)(C(=O)O)CC[C@]6(C)CC[C@@]5(C)[C@]4(C)CC[C@H]3C2(C)C)c1.[I-]. The maximum atomic E-state index is 14.6. The van der Waals surface area contributed by atoms with Gasteiger partial charge in [0.2, 0.25) is 0 Å². The molecule has 0 spiro atoms. The van der Waals surface area contributed by atoms with Crippen molar-refractivity contribution in [2.45, 2.75) is 112 Å². The van der Waals surface area contributed by atoms with Gasteiger partial charge in [-0.2, -0.15) is 0 Å². The van der Waals surface area contributed by atoms with Crippen molar-refractivity contribution in [3.63, 3.8) is 0 Å². The minimum Gasteiger partial charge on any atom is -1.00 e. The molecule has 0 radical (unpaired) electrons. The lowest BCUT2D eigenvalue weighted by molar-refractivity contribution is -0.671. The molecule has 1 aromatic rings. The molecule has 1 unspecified atom stereocenters. The van der Waals surface area contributed by atoms with Gasteiger partial charge in [-0.1, -0.05) is 47.1 Å². The molecule has 5 aliphatic carbocycles. The maximum absolute atomic E-state index is 14.6. The number of aliphatic carboxylic acids is 1. The molecular weight excluding hydrogens is 663 g/mol. The molecule has 4 fully saturated rings. The van der Waals surface area contributed by atoms with Crippen LogP contribution in [-0.4, -0.2) is 28.8 Å². The summed E-state index contributed by atoms with van der Waals surface area (Å²) in [5, 5.41) is 13.6. The first-order chi connectivity index (χ1) is 19.9. The number of amides is 1. The minimum atomic E-state index is -0.738. The van der Waals surface area contributed by atoms with Crippen molar-refractivity contribution in [1.29, 1.82) is 0 Å². The molecule has 0 aliphatic heterocycles. The van der Waals surface area contributed by atoms with Gasteiger partial charge in [0, 0.05) is 18.0 Å². The van der Waals surface area contributed by atoms with Gasteiger partial charge >= 0.3 is 5.97 Å². The topological polar surface area (TPSA) is 87.4 Å². The van der Waals surface area contributed by atoms with Crippen LogP contribution in [0, 0.1) is 50.2 Å². The fraction of sp³-hybridized carbons (Fsp3) is 0.730. The fourth-order valence-electron chi connectivity index (χ4n) is 11.6. The second-order valence-electron chi connectivity index (χ2n) is 17.2. The van der Waals surface area contributed by atoms with E-state index in [1.165, 1.54) is 5.57 Å². The van der Waals surface area contributed by atoms with Gasteiger partial charge in [0.05, 0.1) is 5.41 Å². The van der Waals surface area contributed by atoms with Gasteiger partial charge in [-0.05, 0) is 116 Å². The summed E-state index contributed by atoms with van der Waals surface area (Å²) in [4.78, 5) is 40.3. The molecule has 242 valence electrons. The Bertz CT molecular complexity index is 1420. The van der Waals surface area contributed by atoms with Crippen molar-refractivity contribution in [1.82, 2.24) is 5.32 Å². The van der Waals surface area contributed by atoms with Crippen LogP contribution in [-0.2, 0) is 16.6 Å². The van der Waals surface area contributed by atoms with E-state index in [0.717, 1.165) is 44.9 Å². The van der Waals surface area contributed by atoms with Crippen molar-refractivity contribution in [3.05, 3.63) is 41.7 Å². The van der Waals surface area contributed by atoms with Crippen molar-refractivity contribution in [3.8, 4) is 0 Å². The number of pyridine rings is 1. The second-order valence-corrected chi connectivity index (χ2v) is 17.2. The number of carboxylic acid groups (broad SMARTS) is 1. The molecule has 1 amide bonds. The normalized spacial score (nSPS) is 44.0. The number of nitrogens with one attached hydrogen (secondary N) is 1. The van der Waals surface area contributed by atoms with Gasteiger partial charge in [0.15, 0.2) is 18.2 Å². The molecule has 5 aliphatic rings. The van der Waals surface area contributed by atoms with E-state index in [2.05, 4.69) is 46.9 Å². The summed E-state index contributed by atoms with van der Waals surface area (Å²) in [7, 11) is 1.93. The first kappa shape index (κ1) is 33.6. The predicted octanol–water partition coefficient (Wildman–Crippen LogP) is 3.68. The third-order valence-electron chi connectivity index (χ3n) is 14.6. The van der Waals surface area contributed by atoms with Crippen molar-refractivity contribution >= 4 is 17.7 Å². The van der Waals surface area contributed by atoms with E-state index in [9.17, 15) is 19.5 Å². The van der Waals surface area contributed by atoms with Gasteiger partial charge in [-0.25, -0.2) is 4.57 Å². The van der Waals surface area contributed by atoms with Crippen LogP contribution >= 0.6 is 0 Å². The minimum absolute atomic E-state index is 0. The van der Waals surface area contributed by atoms with Gasteiger partial charge in [0.1, 0.15) is 12.6 Å². The molecule has 7 heteroatoms. The molecule has 44 heavy (non-hydrogen) atoms. The number of aromatic nitrogens is 1. The van der Waals surface area contributed by atoms with Gasteiger partial charge < -0.3 is 34.4 Å². The number of carboxylic acids is 1. The number of carbonyl (C=O) groups excluding carboxylic acids is 2. The van der Waals surface area contributed by atoms with Crippen LogP contribution in [0.4, 0.5) is 0 Å². The summed E-state index contributed by atoms with van der Waals surface area (Å²) in [6, 6.07) is 3.81. The van der Waals surface area contributed by atoms with Gasteiger partial charge in [-0.15, -0.1) is 0 Å². The van der Waals surface area contributed by atoms with E-state index in [1.54, 1.807) is 0 Å². The lowest BCUT2D eigenvalue weighted by Gasteiger charge is -2.70. The number of rotatable bonds is 3. The highest BCUT2D eigenvalue weighted by Gasteiger charge is 2.70. The quantitative estimate of drug-likeness (QED) is 0.370. The number of hydrogen-bond acceptors (Lipinski definition) is 3. The zero-order chi connectivity index (χ0) is 31.4. The smallest absolute Gasteiger partial charge is 0.309 e. The third-order valence-corrected chi connectivity index (χ3v) is 14.6. The number of allylic oxidation sites excluding steroid dienone is 2. The molecule has 0 bridgehead atoms. The summed E-state index contributed by atoms with van der Waals surface area (Å²) < 4.78 is 1.90. The Labute approximate surface area is 281 Å². The Morgan fingerprint density at radius 1 is 0.955 bits per heavy atom. The highest BCUT2D eigenvalue weighted by Crippen LogP contribution is 2.75. The summed E-state index contributed by atoms with van der Waals surface area (Å²) >= 11 is 0. The van der Waals surface area contributed by atoms with E-state index >= 15 is 0 Å². The van der Waals surface area contributed by atoms with Crippen LogP contribution in [0.5, 0.6) is 0 Å². The number of ketones is 1. The van der Waals surface area contributed by atoms with Crippen LogP contribution in [0.1, 0.15) is 117 Å². The van der Waals surface area contributed by atoms with Crippen molar-refractivity contribution in [2.75, 3.05) is 0 Å². The molecule has 1 aromatic heterocycles. The average Bonchev–Trinajstić information content (AvgIpc) is 2.92.